The van der Waals surface area contributed by atoms with Crippen LogP contribution in [0.4, 0.5) is 5.69 Å². The number of amides is 1. The first kappa shape index (κ1) is 16.3. The number of carbonyl (C=O) groups is 1. The second-order valence-corrected chi connectivity index (χ2v) is 5.17. The van der Waals surface area contributed by atoms with Crippen molar-refractivity contribution in [3.8, 4) is 11.5 Å². The highest BCUT2D eigenvalue weighted by Gasteiger charge is 2.19. The molecule has 3 N–H and O–H groups in total. The monoisotopic (exact) mass is 280 g/mol. The lowest BCUT2D eigenvalue weighted by molar-refractivity contribution is -0.119. The van der Waals surface area contributed by atoms with E-state index in [1.807, 2.05) is 13.8 Å². The molecule has 1 aromatic carbocycles. The van der Waals surface area contributed by atoms with E-state index in [4.69, 9.17) is 15.2 Å². The van der Waals surface area contributed by atoms with Crippen molar-refractivity contribution >= 4 is 11.6 Å². The van der Waals surface area contributed by atoms with E-state index < -0.39 is 0 Å². The van der Waals surface area contributed by atoms with Crippen molar-refractivity contribution in [2.75, 3.05) is 12.4 Å². The third kappa shape index (κ3) is 4.42. The third-order valence-electron chi connectivity index (χ3n) is 3.01. The van der Waals surface area contributed by atoms with Gasteiger partial charge >= 0.3 is 0 Å². The third-order valence-corrected chi connectivity index (χ3v) is 3.01. The number of nitrogens with one attached hydrogen (secondary N) is 1. The maximum absolute atomic E-state index is 12.1. The second-order valence-electron chi connectivity index (χ2n) is 5.17. The number of ether oxygens (including phenoxy) is 2. The number of anilines is 1. The summed E-state index contributed by atoms with van der Waals surface area (Å²) >= 11 is 0. The Balaban J connectivity index is 2.98. The van der Waals surface area contributed by atoms with Crippen molar-refractivity contribution in [1.29, 1.82) is 0 Å². The first-order valence-electron chi connectivity index (χ1n) is 6.76. The smallest absolute Gasteiger partial charge is 0.228 e. The number of carbonyl (C=O) groups excluding carboxylic acids is 1. The largest absolute Gasteiger partial charge is 0.497 e. The van der Waals surface area contributed by atoms with Crippen LogP contribution in [0.1, 0.15) is 27.7 Å². The molecule has 2 atom stereocenters. The van der Waals surface area contributed by atoms with Crippen molar-refractivity contribution in [3.05, 3.63) is 18.2 Å². The SMILES string of the molecule is COc1ccc(OC(C)C)c(NC(=O)C(C)C(C)N)c1. The summed E-state index contributed by atoms with van der Waals surface area (Å²) in [6.07, 6.45) is 0.0184. The highest BCUT2D eigenvalue weighted by Crippen LogP contribution is 2.30. The van der Waals surface area contributed by atoms with E-state index >= 15 is 0 Å². The van der Waals surface area contributed by atoms with Gasteiger partial charge < -0.3 is 20.5 Å². The predicted octanol–water partition coefficient (Wildman–Crippen LogP) is 2.40. The fourth-order valence-corrected chi connectivity index (χ4v) is 1.58. The summed E-state index contributed by atoms with van der Waals surface area (Å²) < 4.78 is 10.9. The average Bonchev–Trinajstić information content (AvgIpc) is 2.38. The Kier molecular flexibility index (Phi) is 5.82. The number of benzene rings is 1. The normalized spacial score (nSPS) is 13.8. The fraction of sp³-hybridized carbons (Fsp3) is 0.533. The van der Waals surface area contributed by atoms with Gasteiger partial charge in [0.15, 0.2) is 0 Å². The molecule has 0 heterocycles. The van der Waals surface area contributed by atoms with Crippen LogP contribution in [0.25, 0.3) is 0 Å². The number of hydrogen-bond acceptors (Lipinski definition) is 4. The lowest BCUT2D eigenvalue weighted by Crippen LogP contribution is -2.34. The number of nitrogens with two attached hydrogens (primary N) is 1. The molecule has 20 heavy (non-hydrogen) atoms. The number of rotatable bonds is 6. The Labute approximate surface area is 120 Å². The Morgan fingerprint density at radius 3 is 2.40 bits per heavy atom. The van der Waals surface area contributed by atoms with Crippen LogP contribution >= 0.6 is 0 Å². The Hall–Kier alpha value is -1.75. The summed E-state index contributed by atoms with van der Waals surface area (Å²) in [5, 5.41) is 2.85. The van der Waals surface area contributed by atoms with Crippen molar-refractivity contribution in [2.24, 2.45) is 11.7 Å². The van der Waals surface area contributed by atoms with Crippen molar-refractivity contribution in [2.45, 2.75) is 39.8 Å². The van der Waals surface area contributed by atoms with Gasteiger partial charge in [0.1, 0.15) is 11.5 Å². The maximum Gasteiger partial charge on any atom is 0.228 e. The van der Waals surface area contributed by atoms with Crippen LogP contribution in [-0.4, -0.2) is 25.2 Å². The molecule has 1 rings (SSSR count). The Morgan fingerprint density at radius 1 is 1.25 bits per heavy atom. The zero-order chi connectivity index (χ0) is 15.3. The van der Waals surface area contributed by atoms with Gasteiger partial charge in [-0.2, -0.15) is 0 Å². The highest BCUT2D eigenvalue weighted by molar-refractivity contribution is 5.94. The minimum atomic E-state index is -0.284. The summed E-state index contributed by atoms with van der Waals surface area (Å²) in [6.45, 7) is 7.46. The average molecular weight is 280 g/mol. The Morgan fingerprint density at radius 2 is 1.90 bits per heavy atom. The van der Waals surface area contributed by atoms with Crippen LogP contribution in [0.5, 0.6) is 11.5 Å². The number of hydrogen-bond donors (Lipinski definition) is 2. The van der Waals surface area contributed by atoms with Crippen LogP contribution in [0.15, 0.2) is 18.2 Å². The molecule has 0 saturated heterocycles. The maximum atomic E-state index is 12.1. The van der Waals surface area contributed by atoms with Crippen LogP contribution in [0.2, 0.25) is 0 Å². The van der Waals surface area contributed by atoms with E-state index in [-0.39, 0.29) is 24.0 Å². The summed E-state index contributed by atoms with van der Waals surface area (Å²) in [5.74, 6) is 0.853. The van der Waals surface area contributed by atoms with Crippen LogP contribution < -0.4 is 20.5 Å². The lowest BCUT2D eigenvalue weighted by Gasteiger charge is -2.19. The summed E-state index contributed by atoms with van der Waals surface area (Å²) in [7, 11) is 1.58. The molecule has 1 amide bonds. The molecular weight excluding hydrogens is 256 g/mol. The number of methoxy groups -OCH3 is 1. The first-order valence-corrected chi connectivity index (χ1v) is 6.76. The standard InChI is InChI=1S/C15H24N2O3/c1-9(2)20-14-7-6-12(19-5)8-13(14)17-15(18)10(3)11(4)16/h6-11H,16H2,1-5H3,(H,17,18). The minimum Gasteiger partial charge on any atom is -0.497 e. The highest BCUT2D eigenvalue weighted by atomic mass is 16.5. The van der Waals surface area contributed by atoms with Crippen LogP contribution in [-0.2, 0) is 4.79 Å². The van der Waals surface area contributed by atoms with Gasteiger partial charge in [0, 0.05) is 12.1 Å². The van der Waals surface area contributed by atoms with Crippen molar-refractivity contribution in [1.82, 2.24) is 0 Å². The summed E-state index contributed by atoms with van der Waals surface area (Å²) in [4.78, 5) is 12.1. The zero-order valence-electron chi connectivity index (χ0n) is 12.8. The molecule has 0 aliphatic heterocycles. The van der Waals surface area contributed by atoms with Gasteiger partial charge in [-0.05, 0) is 32.9 Å². The summed E-state index contributed by atoms with van der Waals surface area (Å²) in [5.41, 5.74) is 6.34. The van der Waals surface area contributed by atoms with Crippen LogP contribution in [0, 0.1) is 5.92 Å². The molecule has 0 aliphatic carbocycles. The molecule has 0 aromatic heterocycles. The molecule has 0 bridgehead atoms. The molecule has 0 fully saturated rings. The quantitative estimate of drug-likeness (QED) is 0.839. The summed E-state index contributed by atoms with van der Waals surface area (Å²) in [6, 6.07) is 5.10. The molecule has 0 spiro atoms. The molecule has 5 heteroatoms. The van der Waals surface area contributed by atoms with Gasteiger partial charge in [0.2, 0.25) is 5.91 Å². The molecule has 5 nitrogen and oxygen atoms in total. The molecular formula is C15H24N2O3. The van der Waals surface area contributed by atoms with Gasteiger partial charge in [-0.1, -0.05) is 6.92 Å². The Bertz CT molecular complexity index is 458. The van der Waals surface area contributed by atoms with E-state index in [9.17, 15) is 4.79 Å². The van der Waals surface area contributed by atoms with E-state index in [1.165, 1.54) is 0 Å². The fourth-order valence-electron chi connectivity index (χ4n) is 1.58. The first-order chi connectivity index (χ1) is 9.35. The second kappa shape index (κ2) is 7.14. The molecule has 112 valence electrons. The zero-order valence-corrected chi connectivity index (χ0v) is 12.8. The van der Waals surface area contributed by atoms with Gasteiger partial charge in [-0.15, -0.1) is 0 Å². The molecule has 1 aromatic rings. The molecule has 2 unspecified atom stereocenters. The van der Waals surface area contributed by atoms with Gasteiger partial charge in [-0.25, -0.2) is 0 Å². The van der Waals surface area contributed by atoms with Gasteiger partial charge in [-0.3, -0.25) is 4.79 Å². The van der Waals surface area contributed by atoms with E-state index in [0.29, 0.717) is 17.2 Å². The topological polar surface area (TPSA) is 73.6 Å². The van der Waals surface area contributed by atoms with Gasteiger partial charge in [0.05, 0.1) is 24.8 Å². The molecule has 0 saturated carbocycles. The lowest BCUT2D eigenvalue weighted by atomic mass is 10.0. The molecule has 0 aliphatic rings. The van der Waals surface area contributed by atoms with Crippen LogP contribution in [0.3, 0.4) is 0 Å². The van der Waals surface area contributed by atoms with Crippen molar-refractivity contribution in [3.63, 3.8) is 0 Å². The van der Waals surface area contributed by atoms with E-state index in [0.717, 1.165) is 0 Å². The minimum absolute atomic E-state index is 0.0184. The molecule has 0 radical (unpaired) electrons. The van der Waals surface area contributed by atoms with Crippen molar-refractivity contribution < 1.29 is 14.3 Å². The van der Waals surface area contributed by atoms with Gasteiger partial charge in [0.25, 0.3) is 0 Å². The van der Waals surface area contributed by atoms with E-state index in [1.54, 1.807) is 39.2 Å². The van der Waals surface area contributed by atoms with E-state index in [2.05, 4.69) is 5.32 Å². The predicted molar refractivity (Wildman–Crippen MR) is 80.2 cm³/mol.